The van der Waals surface area contributed by atoms with Crippen molar-refractivity contribution in [3.05, 3.63) is 29.3 Å². The summed E-state index contributed by atoms with van der Waals surface area (Å²) in [6, 6.07) is 10.5. The minimum Gasteiger partial charge on any atom is -0.284 e. The number of hydrogen-bond acceptors (Lipinski definition) is 4. The molecule has 0 amide bonds. The summed E-state index contributed by atoms with van der Waals surface area (Å²) in [5.41, 5.74) is 1.04. The van der Waals surface area contributed by atoms with E-state index in [9.17, 15) is 0 Å². The summed E-state index contributed by atoms with van der Waals surface area (Å²) in [6.07, 6.45) is 0. The van der Waals surface area contributed by atoms with E-state index in [4.69, 9.17) is 5.26 Å². The standard InChI is InChI=1S/C12H13N3S/c1-9(15(2)8-7-13)12-14-10-5-3-4-6-11(10)16-12/h3-6,9H,8H2,1-2H3/t9-/m0/s1. The van der Waals surface area contributed by atoms with Crippen LogP contribution in [0.3, 0.4) is 0 Å². The van der Waals surface area contributed by atoms with E-state index in [1.807, 2.05) is 30.1 Å². The number of nitrogens with zero attached hydrogens (tertiary/aromatic N) is 3. The summed E-state index contributed by atoms with van der Waals surface area (Å²) >= 11 is 1.70. The normalized spacial score (nSPS) is 12.9. The van der Waals surface area contributed by atoms with Crippen LogP contribution in [0.15, 0.2) is 24.3 Å². The van der Waals surface area contributed by atoms with Crippen molar-refractivity contribution in [3.63, 3.8) is 0 Å². The largest absolute Gasteiger partial charge is 0.284 e. The number of hydrogen-bond donors (Lipinski definition) is 0. The fourth-order valence-corrected chi connectivity index (χ4v) is 2.59. The highest BCUT2D eigenvalue weighted by molar-refractivity contribution is 7.18. The molecule has 0 saturated heterocycles. The second kappa shape index (κ2) is 4.60. The van der Waals surface area contributed by atoms with Crippen molar-refractivity contribution in [2.75, 3.05) is 13.6 Å². The van der Waals surface area contributed by atoms with E-state index in [-0.39, 0.29) is 6.04 Å². The van der Waals surface area contributed by atoms with Crippen LogP contribution in [0.2, 0.25) is 0 Å². The second-order valence-corrected chi connectivity index (χ2v) is 4.83. The van der Waals surface area contributed by atoms with Gasteiger partial charge in [-0.3, -0.25) is 4.90 Å². The van der Waals surface area contributed by atoms with Crippen LogP contribution in [-0.2, 0) is 0 Å². The third-order valence-corrected chi connectivity index (χ3v) is 3.86. The molecular formula is C12H13N3S. The van der Waals surface area contributed by atoms with Gasteiger partial charge in [-0.25, -0.2) is 4.98 Å². The van der Waals surface area contributed by atoms with E-state index in [1.54, 1.807) is 11.3 Å². The Balaban J connectivity index is 2.30. The van der Waals surface area contributed by atoms with E-state index in [2.05, 4.69) is 24.0 Å². The first-order chi connectivity index (χ1) is 7.72. The zero-order valence-corrected chi connectivity index (χ0v) is 10.2. The van der Waals surface area contributed by atoms with Gasteiger partial charge in [0.25, 0.3) is 0 Å². The molecule has 0 fully saturated rings. The van der Waals surface area contributed by atoms with E-state index < -0.39 is 0 Å². The van der Waals surface area contributed by atoms with Crippen molar-refractivity contribution in [1.82, 2.24) is 9.88 Å². The van der Waals surface area contributed by atoms with Crippen molar-refractivity contribution in [2.45, 2.75) is 13.0 Å². The maximum atomic E-state index is 8.66. The maximum Gasteiger partial charge on any atom is 0.111 e. The molecule has 0 N–H and O–H groups in total. The number of rotatable bonds is 3. The molecule has 0 spiro atoms. The summed E-state index contributed by atoms with van der Waals surface area (Å²) < 4.78 is 1.20. The molecule has 4 heteroatoms. The minimum atomic E-state index is 0.192. The molecule has 1 heterocycles. The lowest BCUT2D eigenvalue weighted by Gasteiger charge is -2.19. The molecule has 1 aromatic carbocycles. The van der Waals surface area contributed by atoms with E-state index in [1.165, 1.54) is 4.70 Å². The number of thiazole rings is 1. The summed E-state index contributed by atoms with van der Waals surface area (Å²) in [4.78, 5) is 6.58. The van der Waals surface area contributed by atoms with E-state index in [0.29, 0.717) is 6.54 Å². The van der Waals surface area contributed by atoms with Gasteiger partial charge in [0.15, 0.2) is 0 Å². The number of aromatic nitrogens is 1. The highest BCUT2D eigenvalue weighted by atomic mass is 32.1. The molecule has 16 heavy (non-hydrogen) atoms. The van der Waals surface area contributed by atoms with Crippen molar-refractivity contribution >= 4 is 21.6 Å². The average molecular weight is 231 g/mol. The quantitative estimate of drug-likeness (QED) is 0.763. The molecule has 2 rings (SSSR count). The second-order valence-electron chi connectivity index (χ2n) is 3.77. The van der Waals surface area contributed by atoms with Gasteiger partial charge in [0.05, 0.1) is 28.9 Å². The van der Waals surface area contributed by atoms with Crippen LogP contribution in [0.5, 0.6) is 0 Å². The Bertz CT molecular complexity index is 493. The Hall–Kier alpha value is -1.44. The molecule has 0 aliphatic rings. The molecule has 0 aliphatic heterocycles. The van der Waals surface area contributed by atoms with Gasteiger partial charge in [0.2, 0.25) is 0 Å². The molecule has 1 aromatic heterocycles. The Morgan fingerprint density at radius 2 is 2.25 bits per heavy atom. The van der Waals surface area contributed by atoms with Gasteiger partial charge in [-0.15, -0.1) is 11.3 Å². The molecule has 1 atom stereocenters. The zero-order chi connectivity index (χ0) is 11.5. The van der Waals surface area contributed by atoms with Crippen LogP contribution >= 0.6 is 11.3 Å². The smallest absolute Gasteiger partial charge is 0.111 e. The van der Waals surface area contributed by atoms with E-state index in [0.717, 1.165) is 10.5 Å². The van der Waals surface area contributed by atoms with Crippen molar-refractivity contribution in [3.8, 4) is 6.07 Å². The van der Waals surface area contributed by atoms with Crippen LogP contribution in [-0.4, -0.2) is 23.5 Å². The third-order valence-electron chi connectivity index (χ3n) is 2.65. The van der Waals surface area contributed by atoms with Gasteiger partial charge in [-0.05, 0) is 26.1 Å². The van der Waals surface area contributed by atoms with Gasteiger partial charge < -0.3 is 0 Å². The lowest BCUT2D eigenvalue weighted by Crippen LogP contribution is -2.22. The molecule has 0 aliphatic carbocycles. The number of benzene rings is 1. The molecule has 0 radical (unpaired) electrons. The summed E-state index contributed by atoms with van der Waals surface area (Å²) in [6.45, 7) is 2.51. The first kappa shape index (κ1) is 11.1. The first-order valence-corrected chi connectivity index (χ1v) is 5.96. The Morgan fingerprint density at radius 1 is 1.50 bits per heavy atom. The molecule has 82 valence electrons. The summed E-state index contributed by atoms with van der Waals surface area (Å²) in [5, 5.41) is 9.73. The lowest BCUT2D eigenvalue weighted by atomic mass is 10.3. The van der Waals surface area contributed by atoms with Crippen LogP contribution in [0.4, 0.5) is 0 Å². The summed E-state index contributed by atoms with van der Waals surface area (Å²) in [7, 11) is 1.94. The maximum absolute atomic E-state index is 8.66. The Labute approximate surface area is 99.0 Å². The van der Waals surface area contributed by atoms with Crippen LogP contribution < -0.4 is 0 Å². The van der Waals surface area contributed by atoms with Gasteiger partial charge in [0, 0.05) is 0 Å². The van der Waals surface area contributed by atoms with Gasteiger partial charge >= 0.3 is 0 Å². The minimum absolute atomic E-state index is 0.192. The Morgan fingerprint density at radius 3 is 2.94 bits per heavy atom. The molecule has 0 bridgehead atoms. The van der Waals surface area contributed by atoms with Crippen LogP contribution in [0, 0.1) is 11.3 Å². The van der Waals surface area contributed by atoms with Gasteiger partial charge in [-0.2, -0.15) is 5.26 Å². The third kappa shape index (κ3) is 2.06. The predicted octanol–water partition coefficient (Wildman–Crippen LogP) is 2.81. The molecule has 3 nitrogen and oxygen atoms in total. The average Bonchev–Trinajstić information content (AvgIpc) is 2.71. The number of para-hydroxylation sites is 1. The fraction of sp³-hybridized carbons (Fsp3) is 0.333. The number of fused-ring (bicyclic) bond motifs is 1. The molecular weight excluding hydrogens is 218 g/mol. The topological polar surface area (TPSA) is 39.9 Å². The molecule has 0 unspecified atom stereocenters. The highest BCUT2D eigenvalue weighted by Crippen LogP contribution is 2.28. The monoisotopic (exact) mass is 231 g/mol. The molecule has 2 aromatic rings. The highest BCUT2D eigenvalue weighted by Gasteiger charge is 2.15. The first-order valence-electron chi connectivity index (χ1n) is 5.15. The summed E-state index contributed by atoms with van der Waals surface area (Å²) in [5.74, 6) is 0. The lowest BCUT2D eigenvalue weighted by molar-refractivity contribution is 0.292. The van der Waals surface area contributed by atoms with Crippen molar-refractivity contribution in [1.29, 1.82) is 5.26 Å². The fourth-order valence-electron chi connectivity index (χ4n) is 1.51. The van der Waals surface area contributed by atoms with Crippen molar-refractivity contribution in [2.24, 2.45) is 0 Å². The number of nitriles is 1. The van der Waals surface area contributed by atoms with Crippen LogP contribution in [0.1, 0.15) is 18.0 Å². The van der Waals surface area contributed by atoms with Crippen LogP contribution in [0.25, 0.3) is 10.2 Å². The zero-order valence-electron chi connectivity index (χ0n) is 9.34. The molecule has 0 saturated carbocycles. The van der Waals surface area contributed by atoms with Gasteiger partial charge in [-0.1, -0.05) is 12.1 Å². The SMILES string of the molecule is C[C@@H](c1nc2ccccc2s1)N(C)CC#N. The van der Waals surface area contributed by atoms with E-state index >= 15 is 0 Å². The predicted molar refractivity (Wildman–Crippen MR) is 66.3 cm³/mol. The van der Waals surface area contributed by atoms with Gasteiger partial charge in [0.1, 0.15) is 5.01 Å². The Kier molecular flexibility index (Phi) is 3.18. The van der Waals surface area contributed by atoms with Crippen molar-refractivity contribution < 1.29 is 0 Å².